The Morgan fingerprint density at radius 3 is 2.11 bits per heavy atom. The number of ether oxygens (including phenoxy) is 3. The highest BCUT2D eigenvalue weighted by molar-refractivity contribution is 7.88. The van der Waals surface area contributed by atoms with Crippen LogP contribution in [0.1, 0.15) is 56.4 Å². The number of thiocarbonyl (C=S) groups is 1. The molecule has 1 aliphatic rings. The van der Waals surface area contributed by atoms with E-state index in [1.54, 1.807) is 32.8 Å². The van der Waals surface area contributed by atoms with Gasteiger partial charge in [0.2, 0.25) is 0 Å². The van der Waals surface area contributed by atoms with Gasteiger partial charge in [-0.1, -0.05) is 60.7 Å². The molecule has 3 aromatic rings. The predicted molar refractivity (Wildman–Crippen MR) is 174 cm³/mol. The molecule has 2 atom stereocenters. The van der Waals surface area contributed by atoms with Crippen LogP contribution in [0, 0.1) is 0 Å². The zero-order valence-corrected chi connectivity index (χ0v) is 27.4. The maximum atomic E-state index is 13.3. The molecule has 3 aromatic carbocycles. The van der Waals surface area contributed by atoms with E-state index in [1.807, 2.05) is 54.6 Å². The summed E-state index contributed by atoms with van der Waals surface area (Å²) in [5, 5.41) is -0.563. The van der Waals surface area contributed by atoms with Crippen LogP contribution in [0.4, 0.5) is 10.5 Å². The van der Waals surface area contributed by atoms with Crippen molar-refractivity contribution in [3.05, 3.63) is 95.6 Å². The summed E-state index contributed by atoms with van der Waals surface area (Å²) < 4.78 is 46.4. The van der Waals surface area contributed by atoms with E-state index in [-0.39, 0.29) is 0 Å². The molecule has 44 heavy (non-hydrogen) atoms. The Bertz CT molecular complexity index is 1490. The van der Waals surface area contributed by atoms with Crippen molar-refractivity contribution in [3.8, 4) is 5.75 Å². The fourth-order valence-corrected chi connectivity index (χ4v) is 6.00. The van der Waals surface area contributed by atoms with E-state index < -0.39 is 39.2 Å². The minimum absolute atomic E-state index is 0.440. The highest BCUT2D eigenvalue weighted by Crippen LogP contribution is 2.40. The predicted octanol–water partition coefficient (Wildman–Crippen LogP) is 6.62. The molecular formula is C33H40N2O7S2. The molecule has 1 unspecified atom stereocenters. The quantitative estimate of drug-likeness (QED) is 0.179. The minimum Gasteiger partial charge on any atom is -0.496 e. The van der Waals surface area contributed by atoms with Gasteiger partial charge in [0.15, 0.2) is 6.10 Å². The largest absolute Gasteiger partial charge is 0.496 e. The van der Waals surface area contributed by atoms with Crippen molar-refractivity contribution in [2.24, 2.45) is 0 Å². The van der Waals surface area contributed by atoms with Gasteiger partial charge in [-0.25, -0.2) is 4.79 Å². The molecule has 0 N–H and O–H groups in total. The molecule has 9 nitrogen and oxygen atoms in total. The van der Waals surface area contributed by atoms with E-state index in [1.165, 1.54) is 0 Å². The molecule has 1 saturated heterocycles. The maximum Gasteiger partial charge on any atom is 0.410 e. The number of hydrogen-bond donors (Lipinski definition) is 0. The van der Waals surface area contributed by atoms with Gasteiger partial charge in [0.05, 0.1) is 19.4 Å². The molecule has 1 aliphatic heterocycles. The summed E-state index contributed by atoms with van der Waals surface area (Å²) in [6.45, 7) is 7.10. The van der Waals surface area contributed by atoms with E-state index in [0.29, 0.717) is 43.8 Å². The lowest BCUT2D eigenvalue weighted by molar-refractivity contribution is 0.00455. The summed E-state index contributed by atoms with van der Waals surface area (Å²) in [5.41, 5.74) is 3.02. The molecule has 1 amide bonds. The third kappa shape index (κ3) is 9.33. The van der Waals surface area contributed by atoms with Crippen molar-refractivity contribution < 1.29 is 31.6 Å². The summed E-state index contributed by atoms with van der Waals surface area (Å²) in [6, 6.07) is 25.5. The number of carbonyl (C=O) groups is 1. The van der Waals surface area contributed by atoms with Crippen LogP contribution in [0.5, 0.6) is 5.75 Å². The second-order valence-electron chi connectivity index (χ2n) is 11.7. The number of benzene rings is 3. The molecule has 0 aromatic heterocycles. The monoisotopic (exact) mass is 640 g/mol. The number of amides is 1. The first-order chi connectivity index (χ1) is 20.8. The number of anilines is 1. The molecule has 1 heterocycles. The van der Waals surface area contributed by atoms with Gasteiger partial charge in [0.25, 0.3) is 0 Å². The Hall–Kier alpha value is -3.83. The summed E-state index contributed by atoms with van der Waals surface area (Å²) in [6.07, 6.45) is 0.751. The molecule has 1 fully saturated rings. The number of rotatable bonds is 10. The van der Waals surface area contributed by atoms with Gasteiger partial charge in [-0.05, 0) is 62.9 Å². The van der Waals surface area contributed by atoms with Gasteiger partial charge in [-0.15, -0.1) is 0 Å². The lowest BCUT2D eigenvalue weighted by atomic mass is 9.98. The number of methoxy groups -OCH3 is 1. The summed E-state index contributed by atoms with van der Waals surface area (Å²) >= 11 is 5.23. The molecule has 11 heteroatoms. The van der Waals surface area contributed by atoms with Gasteiger partial charge in [-0.3, -0.25) is 0 Å². The second kappa shape index (κ2) is 14.3. The van der Waals surface area contributed by atoms with Gasteiger partial charge in [0.1, 0.15) is 11.4 Å². The first kappa shape index (κ1) is 33.1. The zero-order valence-electron chi connectivity index (χ0n) is 25.8. The number of hydrogen-bond acceptors (Lipinski definition) is 9. The van der Waals surface area contributed by atoms with Crippen LogP contribution < -0.4 is 9.64 Å². The van der Waals surface area contributed by atoms with E-state index in [0.717, 1.165) is 23.1 Å². The zero-order chi connectivity index (χ0) is 31.9. The van der Waals surface area contributed by atoms with Crippen LogP contribution in [0.2, 0.25) is 0 Å². The Morgan fingerprint density at radius 2 is 1.59 bits per heavy atom. The fraction of sp³-hybridized carbons (Fsp3) is 0.394. The first-order valence-electron chi connectivity index (χ1n) is 14.4. The van der Waals surface area contributed by atoms with Crippen LogP contribution in [0.15, 0.2) is 78.9 Å². The normalized spacial score (nSPS) is 15.8. The molecule has 0 bridgehead atoms. The summed E-state index contributed by atoms with van der Waals surface area (Å²) in [4.78, 5) is 17.1. The molecule has 4 rings (SSSR count). The Kier molecular flexibility index (Phi) is 10.7. The third-order valence-electron chi connectivity index (χ3n) is 7.04. The van der Waals surface area contributed by atoms with Crippen molar-refractivity contribution in [1.29, 1.82) is 0 Å². The number of likely N-dealkylation sites (tertiary alicyclic amines) is 1. The molecule has 236 valence electrons. The number of carbonyl (C=O) groups excluding carboxylic acids is 1. The standard InChI is InChI=1S/C33H40N2O7S2/c1-33(2,3)41-31(36)35-20-12-17-28(35)30(40-32(43)42-44(5,37)38)27-21-26(18-19-29(27)39-4)34(22-24-13-8-6-9-14-24)23-25-15-10-7-11-16-25/h6-11,13-16,18-19,21,28,30H,12,17,20,22-23H2,1-5H3/t28-,30?/m0/s1. The average molecular weight is 641 g/mol. The van der Waals surface area contributed by atoms with E-state index in [2.05, 4.69) is 29.2 Å². The Morgan fingerprint density at radius 1 is 1.00 bits per heavy atom. The van der Waals surface area contributed by atoms with E-state index in [9.17, 15) is 13.2 Å². The molecule has 0 radical (unpaired) electrons. The van der Waals surface area contributed by atoms with Crippen LogP contribution in [-0.2, 0) is 36.9 Å². The topological polar surface area (TPSA) is 94.6 Å². The molecule has 0 spiro atoms. The van der Waals surface area contributed by atoms with Crippen molar-refractivity contribution in [2.75, 3.05) is 24.8 Å². The minimum atomic E-state index is -3.95. The van der Waals surface area contributed by atoms with Gasteiger partial charge in [0, 0.05) is 43.1 Å². The summed E-state index contributed by atoms with van der Waals surface area (Å²) in [5.74, 6) is 0.497. The van der Waals surface area contributed by atoms with Crippen LogP contribution in [0.3, 0.4) is 0 Å². The summed E-state index contributed by atoms with van der Waals surface area (Å²) in [7, 11) is -2.40. The molecule has 0 aliphatic carbocycles. The lowest BCUT2D eigenvalue weighted by Crippen LogP contribution is -2.43. The van der Waals surface area contributed by atoms with Crippen molar-refractivity contribution >= 4 is 39.4 Å². The highest BCUT2D eigenvalue weighted by atomic mass is 32.2. The third-order valence-corrected chi connectivity index (χ3v) is 7.78. The molecular weight excluding hydrogens is 601 g/mol. The SMILES string of the molecule is COc1ccc(N(Cc2ccccc2)Cc2ccccc2)cc1C(OC(=S)OS(C)(=O)=O)[C@@H]1CCCN1C(=O)OC(C)(C)C. The van der Waals surface area contributed by atoms with Crippen molar-refractivity contribution in [2.45, 2.75) is 64.4 Å². The smallest absolute Gasteiger partial charge is 0.410 e. The molecule has 0 saturated carbocycles. The van der Waals surface area contributed by atoms with Crippen LogP contribution in [-0.4, -0.2) is 56.2 Å². The second-order valence-corrected chi connectivity index (χ2v) is 13.6. The first-order valence-corrected chi connectivity index (χ1v) is 16.7. The fourth-order valence-electron chi connectivity index (χ4n) is 5.24. The Balaban J connectivity index is 1.78. The van der Waals surface area contributed by atoms with Gasteiger partial charge < -0.3 is 28.2 Å². The number of nitrogens with zero attached hydrogens (tertiary/aromatic N) is 2. The Labute approximate surface area is 265 Å². The average Bonchev–Trinajstić information content (AvgIpc) is 3.45. The van der Waals surface area contributed by atoms with Crippen molar-refractivity contribution in [3.63, 3.8) is 0 Å². The maximum absolute atomic E-state index is 13.3. The van der Waals surface area contributed by atoms with E-state index in [4.69, 9.17) is 30.6 Å². The van der Waals surface area contributed by atoms with Gasteiger partial charge >= 0.3 is 21.4 Å². The van der Waals surface area contributed by atoms with Crippen molar-refractivity contribution in [1.82, 2.24) is 4.90 Å². The van der Waals surface area contributed by atoms with Crippen LogP contribution in [0.25, 0.3) is 0 Å². The van der Waals surface area contributed by atoms with Crippen LogP contribution >= 0.6 is 12.2 Å². The lowest BCUT2D eigenvalue weighted by Gasteiger charge is -2.34. The van der Waals surface area contributed by atoms with Gasteiger partial charge in [-0.2, -0.15) is 8.42 Å². The van der Waals surface area contributed by atoms with E-state index >= 15 is 0 Å². The highest BCUT2D eigenvalue weighted by Gasteiger charge is 2.41.